The van der Waals surface area contributed by atoms with Crippen LogP contribution in [0.15, 0.2) is 18.5 Å². The van der Waals surface area contributed by atoms with E-state index in [9.17, 15) is 14.9 Å². The van der Waals surface area contributed by atoms with Gasteiger partial charge in [-0.3, -0.25) is 14.9 Å². The molecule has 10 nitrogen and oxygen atoms in total. The number of hydrogen-bond donors (Lipinski definition) is 2. The van der Waals surface area contributed by atoms with E-state index in [0.717, 1.165) is 31.5 Å². The predicted molar refractivity (Wildman–Crippen MR) is 110 cm³/mol. The summed E-state index contributed by atoms with van der Waals surface area (Å²) in [5.74, 6) is 0.941. The van der Waals surface area contributed by atoms with Gasteiger partial charge in [-0.15, -0.1) is 0 Å². The molecule has 10 heteroatoms. The number of aromatic nitrogens is 3. The third-order valence-corrected chi connectivity index (χ3v) is 5.26. The van der Waals surface area contributed by atoms with E-state index < -0.39 is 4.92 Å². The van der Waals surface area contributed by atoms with E-state index in [4.69, 9.17) is 0 Å². The molecule has 1 aliphatic carbocycles. The number of carbonyl (C=O) groups is 1. The number of rotatable bonds is 7. The molecule has 1 amide bonds. The van der Waals surface area contributed by atoms with Crippen molar-refractivity contribution in [3.8, 4) is 0 Å². The summed E-state index contributed by atoms with van der Waals surface area (Å²) in [5.41, 5.74) is -0.0339. The smallest absolute Gasteiger partial charge is 0.312 e. The Balaban J connectivity index is 1.96. The average Bonchev–Trinajstić information content (AvgIpc) is 3.11. The van der Waals surface area contributed by atoms with Gasteiger partial charge in [0.25, 0.3) is 5.91 Å². The number of nitro groups is 1. The maximum atomic E-state index is 13.0. The molecule has 156 valence electrons. The molecule has 0 spiro atoms. The number of nitrogens with one attached hydrogen (secondary N) is 2. The Kier molecular flexibility index (Phi) is 6.30. The normalized spacial score (nSPS) is 14.4. The molecule has 1 fully saturated rings. The van der Waals surface area contributed by atoms with Crippen LogP contribution in [0, 0.1) is 10.1 Å². The van der Waals surface area contributed by atoms with E-state index >= 15 is 0 Å². The maximum Gasteiger partial charge on any atom is 0.312 e. The van der Waals surface area contributed by atoms with Crippen LogP contribution in [0.1, 0.15) is 48.3 Å². The Morgan fingerprint density at radius 2 is 2.10 bits per heavy atom. The molecule has 3 rings (SSSR count). The van der Waals surface area contributed by atoms with Gasteiger partial charge in [-0.25, -0.2) is 9.97 Å². The number of pyridine rings is 1. The number of imidazole rings is 1. The highest BCUT2D eigenvalue weighted by Gasteiger charge is 2.27. The first kappa shape index (κ1) is 20.6. The Morgan fingerprint density at radius 1 is 1.38 bits per heavy atom. The Morgan fingerprint density at radius 3 is 2.69 bits per heavy atom. The van der Waals surface area contributed by atoms with E-state index in [1.54, 1.807) is 25.2 Å². The van der Waals surface area contributed by atoms with Gasteiger partial charge in [0.15, 0.2) is 0 Å². The molecule has 0 saturated heterocycles. The van der Waals surface area contributed by atoms with Crippen LogP contribution in [0.4, 0.5) is 17.3 Å². The van der Waals surface area contributed by atoms with E-state index in [2.05, 4.69) is 20.6 Å². The summed E-state index contributed by atoms with van der Waals surface area (Å²) in [7, 11) is 5.24. The summed E-state index contributed by atoms with van der Waals surface area (Å²) in [4.78, 5) is 34.5. The molecular formula is C19H27N7O3. The molecule has 2 heterocycles. The zero-order chi connectivity index (χ0) is 21.0. The second-order valence-electron chi connectivity index (χ2n) is 7.35. The number of hydrogen-bond acceptors (Lipinski definition) is 7. The minimum Gasteiger partial charge on any atom is -0.367 e. The van der Waals surface area contributed by atoms with Gasteiger partial charge >= 0.3 is 5.69 Å². The number of aryl methyl sites for hydroxylation is 1. The van der Waals surface area contributed by atoms with Crippen molar-refractivity contribution in [1.82, 2.24) is 19.9 Å². The number of carbonyl (C=O) groups excluding carboxylic acids is 1. The van der Waals surface area contributed by atoms with Gasteiger partial charge in [0.1, 0.15) is 11.6 Å². The molecule has 0 aliphatic heterocycles. The number of amides is 1. The van der Waals surface area contributed by atoms with Gasteiger partial charge in [-0.1, -0.05) is 19.3 Å². The van der Waals surface area contributed by atoms with Crippen molar-refractivity contribution in [3.05, 3.63) is 40.0 Å². The molecule has 1 aliphatic rings. The van der Waals surface area contributed by atoms with Crippen LogP contribution in [0.25, 0.3) is 0 Å². The molecule has 0 radical (unpaired) electrons. The Hall–Kier alpha value is -3.17. The third-order valence-electron chi connectivity index (χ3n) is 5.26. The lowest BCUT2D eigenvalue weighted by molar-refractivity contribution is -0.384. The van der Waals surface area contributed by atoms with Gasteiger partial charge in [0, 0.05) is 45.6 Å². The van der Waals surface area contributed by atoms with Crippen LogP contribution in [0.2, 0.25) is 0 Å². The molecule has 0 aromatic carbocycles. The van der Waals surface area contributed by atoms with Crippen LogP contribution in [0.5, 0.6) is 0 Å². The summed E-state index contributed by atoms with van der Waals surface area (Å²) >= 11 is 0. The topological polar surface area (TPSA) is 118 Å². The summed E-state index contributed by atoms with van der Waals surface area (Å²) in [6, 6.07) is 1.40. The molecule has 0 bridgehead atoms. The van der Waals surface area contributed by atoms with E-state index in [1.807, 2.05) is 17.8 Å². The zero-order valence-electron chi connectivity index (χ0n) is 17.0. The Bertz CT molecular complexity index is 890. The van der Waals surface area contributed by atoms with Crippen molar-refractivity contribution in [2.75, 3.05) is 24.3 Å². The van der Waals surface area contributed by atoms with E-state index in [0.29, 0.717) is 12.4 Å². The van der Waals surface area contributed by atoms with Crippen LogP contribution in [-0.2, 0) is 13.6 Å². The molecule has 1 saturated carbocycles. The number of nitrogens with zero attached hydrogens (tertiary/aromatic N) is 5. The SMILES string of the molecule is CNc1nc(N(C)Cc2nccn2C)c(C(=O)NC2CCCCC2)cc1[N+](=O)[O-]. The summed E-state index contributed by atoms with van der Waals surface area (Å²) in [5, 5.41) is 17.3. The summed E-state index contributed by atoms with van der Waals surface area (Å²) in [6.07, 6.45) is 8.71. The average molecular weight is 401 g/mol. The molecule has 2 aromatic heterocycles. The van der Waals surface area contributed by atoms with Gasteiger partial charge < -0.3 is 20.1 Å². The molecule has 0 atom stereocenters. The van der Waals surface area contributed by atoms with E-state index in [-0.39, 0.29) is 29.0 Å². The first-order chi connectivity index (χ1) is 13.9. The quantitative estimate of drug-likeness (QED) is 0.540. The summed E-state index contributed by atoms with van der Waals surface area (Å²) < 4.78 is 1.88. The second kappa shape index (κ2) is 8.89. The highest BCUT2D eigenvalue weighted by atomic mass is 16.6. The highest BCUT2D eigenvalue weighted by Crippen LogP contribution is 2.30. The van der Waals surface area contributed by atoms with Crippen LogP contribution < -0.4 is 15.5 Å². The third kappa shape index (κ3) is 4.64. The molecule has 0 unspecified atom stereocenters. The van der Waals surface area contributed by atoms with Crippen LogP contribution in [0.3, 0.4) is 0 Å². The molecule has 2 N–H and O–H groups in total. The van der Waals surface area contributed by atoms with Gasteiger partial charge in [0.05, 0.1) is 17.0 Å². The number of anilines is 2. The monoisotopic (exact) mass is 401 g/mol. The predicted octanol–water partition coefficient (Wildman–Crippen LogP) is 2.46. The van der Waals surface area contributed by atoms with Crippen LogP contribution in [-0.4, -0.2) is 45.5 Å². The van der Waals surface area contributed by atoms with E-state index in [1.165, 1.54) is 12.5 Å². The molecule has 29 heavy (non-hydrogen) atoms. The largest absolute Gasteiger partial charge is 0.367 e. The van der Waals surface area contributed by atoms with Gasteiger partial charge in [0.2, 0.25) is 5.82 Å². The van der Waals surface area contributed by atoms with Crippen molar-refractivity contribution in [1.29, 1.82) is 0 Å². The first-order valence-corrected chi connectivity index (χ1v) is 9.76. The highest BCUT2D eigenvalue weighted by molar-refractivity contribution is 6.00. The fourth-order valence-corrected chi connectivity index (χ4v) is 3.62. The minimum atomic E-state index is -0.529. The molecule has 2 aromatic rings. The van der Waals surface area contributed by atoms with Crippen molar-refractivity contribution >= 4 is 23.2 Å². The van der Waals surface area contributed by atoms with Crippen molar-refractivity contribution in [2.24, 2.45) is 7.05 Å². The van der Waals surface area contributed by atoms with Crippen LogP contribution >= 0.6 is 0 Å². The summed E-state index contributed by atoms with van der Waals surface area (Å²) in [6.45, 7) is 0.404. The second-order valence-corrected chi connectivity index (χ2v) is 7.35. The first-order valence-electron chi connectivity index (χ1n) is 9.76. The lowest BCUT2D eigenvalue weighted by atomic mass is 9.95. The van der Waals surface area contributed by atoms with Crippen molar-refractivity contribution in [3.63, 3.8) is 0 Å². The minimum absolute atomic E-state index is 0.0898. The fourth-order valence-electron chi connectivity index (χ4n) is 3.62. The van der Waals surface area contributed by atoms with Crippen molar-refractivity contribution in [2.45, 2.75) is 44.7 Å². The fraction of sp³-hybridized carbons (Fsp3) is 0.526. The standard InChI is InChI=1S/C19H27N7O3/c1-20-17-15(26(28)29)11-14(19(27)22-13-7-5-4-6-8-13)18(23-17)25(3)12-16-21-9-10-24(16)2/h9-11,13H,4-8,12H2,1-3H3,(H,20,23)(H,22,27). The zero-order valence-corrected chi connectivity index (χ0v) is 17.0. The molecular weight excluding hydrogens is 374 g/mol. The lowest BCUT2D eigenvalue weighted by Crippen LogP contribution is -2.37. The van der Waals surface area contributed by atoms with Gasteiger partial charge in [-0.05, 0) is 12.8 Å². The van der Waals surface area contributed by atoms with Crippen molar-refractivity contribution < 1.29 is 9.72 Å². The Labute approximate surface area is 169 Å². The van der Waals surface area contributed by atoms with Gasteiger partial charge in [-0.2, -0.15) is 0 Å². The maximum absolute atomic E-state index is 13.0. The lowest BCUT2D eigenvalue weighted by Gasteiger charge is -2.25.